The molecule has 0 aromatic carbocycles. The number of nitrogens with zero attached hydrogens (tertiary/aromatic N) is 1. The number of hydrogen-bond acceptors (Lipinski definition) is 1. The van der Waals surface area contributed by atoms with Crippen LogP contribution >= 0.6 is 0 Å². The van der Waals surface area contributed by atoms with Crippen molar-refractivity contribution in [3.63, 3.8) is 0 Å². The second-order valence-electron chi connectivity index (χ2n) is 4.09. The van der Waals surface area contributed by atoms with Crippen LogP contribution in [0.15, 0.2) is 17.2 Å². The van der Waals surface area contributed by atoms with E-state index in [1.807, 2.05) is 6.20 Å². The number of nitrogens with one attached hydrogen (secondary N) is 1. The number of hydrogen-bond donors (Lipinski definition) is 1. The zero-order valence-corrected chi connectivity index (χ0v) is 7.99. The molecule has 3 heteroatoms. The number of imidazole rings is 1. The highest BCUT2D eigenvalue weighted by atomic mass is 16.1. The van der Waals surface area contributed by atoms with Gasteiger partial charge in [-0.2, -0.15) is 0 Å². The SMILES string of the molecule is CC1CCCC1Cn1cc[nH]c1=O. The second kappa shape index (κ2) is 3.40. The Balaban J connectivity index is 2.06. The fourth-order valence-electron chi connectivity index (χ4n) is 2.24. The number of rotatable bonds is 2. The van der Waals surface area contributed by atoms with Crippen LogP contribution in [-0.2, 0) is 6.54 Å². The van der Waals surface area contributed by atoms with E-state index in [0.29, 0.717) is 5.92 Å². The van der Waals surface area contributed by atoms with Gasteiger partial charge in [0.25, 0.3) is 0 Å². The number of aromatic amines is 1. The summed E-state index contributed by atoms with van der Waals surface area (Å²) in [6.07, 6.45) is 7.48. The Morgan fingerprint density at radius 3 is 3.00 bits per heavy atom. The summed E-state index contributed by atoms with van der Waals surface area (Å²) < 4.78 is 1.78. The molecule has 72 valence electrons. The van der Waals surface area contributed by atoms with Crippen LogP contribution < -0.4 is 5.69 Å². The van der Waals surface area contributed by atoms with E-state index in [1.54, 1.807) is 10.8 Å². The van der Waals surface area contributed by atoms with Gasteiger partial charge in [0, 0.05) is 18.9 Å². The average Bonchev–Trinajstić information content (AvgIpc) is 2.65. The molecule has 1 fully saturated rings. The lowest BCUT2D eigenvalue weighted by atomic mass is 9.98. The van der Waals surface area contributed by atoms with Crippen molar-refractivity contribution in [1.29, 1.82) is 0 Å². The van der Waals surface area contributed by atoms with Gasteiger partial charge in [-0.1, -0.05) is 19.8 Å². The van der Waals surface area contributed by atoms with Gasteiger partial charge in [-0.25, -0.2) is 4.79 Å². The smallest absolute Gasteiger partial charge is 0.313 e. The van der Waals surface area contributed by atoms with Crippen molar-refractivity contribution in [2.45, 2.75) is 32.7 Å². The van der Waals surface area contributed by atoms with Crippen LogP contribution in [0.2, 0.25) is 0 Å². The van der Waals surface area contributed by atoms with Gasteiger partial charge in [0.05, 0.1) is 0 Å². The van der Waals surface area contributed by atoms with Crippen molar-refractivity contribution in [2.75, 3.05) is 0 Å². The molecule has 3 nitrogen and oxygen atoms in total. The van der Waals surface area contributed by atoms with Gasteiger partial charge in [0.2, 0.25) is 0 Å². The van der Waals surface area contributed by atoms with Crippen molar-refractivity contribution >= 4 is 0 Å². The van der Waals surface area contributed by atoms with Crippen LogP contribution in [-0.4, -0.2) is 9.55 Å². The first kappa shape index (κ1) is 8.60. The first-order valence-corrected chi connectivity index (χ1v) is 5.01. The number of H-pyrrole nitrogens is 1. The van der Waals surface area contributed by atoms with Crippen LogP contribution in [0.3, 0.4) is 0 Å². The molecule has 0 amide bonds. The monoisotopic (exact) mass is 180 g/mol. The van der Waals surface area contributed by atoms with Crippen molar-refractivity contribution in [3.8, 4) is 0 Å². The second-order valence-corrected chi connectivity index (χ2v) is 4.09. The quantitative estimate of drug-likeness (QED) is 0.737. The van der Waals surface area contributed by atoms with E-state index in [4.69, 9.17) is 0 Å². The third-order valence-corrected chi connectivity index (χ3v) is 3.19. The Morgan fingerprint density at radius 2 is 2.46 bits per heavy atom. The maximum atomic E-state index is 11.2. The summed E-state index contributed by atoms with van der Waals surface area (Å²) in [7, 11) is 0. The molecule has 1 heterocycles. The van der Waals surface area contributed by atoms with E-state index in [9.17, 15) is 4.79 Å². The fourth-order valence-corrected chi connectivity index (χ4v) is 2.24. The molecule has 1 aliphatic rings. The molecule has 1 aromatic rings. The first-order valence-electron chi connectivity index (χ1n) is 5.01. The summed E-state index contributed by atoms with van der Waals surface area (Å²) in [5, 5.41) is 0. The summed E-state index contributed by atoms with van der Waals surface area (Å²) in [4.78, 5) is 13.9. The summed E-state index contributed by atoms with van der Waals surface area (Å²) in [6.45, 7) is 3.18. The lowest BCUT2D eigenvalue weighted by Gasteiger charge is -2.14. The highest BCUT2D eigenvalue weighted by molar-refractivity contribution is 4.80. The summed E-state index contributed by atoms with van der Waals surface area (Å²) >= 11 is 0. The predicted octanol–water partition coefficient (Wildman–Crippen LogP) is 1.61. The van der Waals surface area contributed by atoms with E-state index in [1.165, 1.54) is 19.3 Å². The molecule has 2 rings (SSSR count). The average molecular weight is 180 g/mol. The standard InChI is InChI=1S/C10H16N2O/c1-8-3-2-4-9(8)7-12-6-5-11-10(12)13/h5-6,8-9H,2-4,7H2,1H3,(H,11,13). The van der Waals surface area contributed by atoms with Crippen LogP contribution in [0, 0.1) is 11.8 Å². The van der Waals surface area contributed by atoms with Gasteiger partial charge in [-0.3, -0.25) is 4.57 Å². The van der Waals surface area contributed by atoms with E-state index in [2.05, 4.69) is 11.9 Å². The minimum absolute atomic E-state index is 0.0269. The van der Waals surface area contributed by atoms with Gasteiger partial charge < -0.3 is 4.98 Å². The molecule has 0 aliphatic heterocycles. The Labute approximate surface area is 77.8 Å². The molecule has 0 bridgehead atoms. The maximum absolute atomic E-state index is 11.2. The van der Waals surface area contributed by atoms with E-state index in [0.717, 1.165) is 12.5 Å². The highest BCUT2D eigenvalue weighted by Gasteiger charge is 2.23. The number of aromatic nitrogens is 2. The molecule has 1 N–H and O–H groups in total. The molecule has 0 spiro atoms. The van der Waals surface area contributed by atoms with Crippen LogP contribution in [0.4, 0.5) is 0 Å². The van der Waals surface area contributed by atoms with E-state index >= 15 is 0 Å². The van der Waals surface area contributed by atoms with Gasteiger partial charge in [-0.15, -0.1) is 0 Å². The molecule has 1 aromatic heterocycles. The summed E-state index contributed by atoms with van der Waals surface area (Å²) in [5.74, 6) is 1.48. The Hall–Kier alpha value is -0.990. The molecule has 1 saturated carbocycles. The molecular formula is C10H16N2O. The Bertz CT molecular complexity index is 326. The third kappa shape index (κ3) is 1.69. The summed E-state index contributed by atoms with van der Waals surface area (Å²) in [6, 6.07) is 0. The molecule has 0 radical (unpaired) electrons. The molecule has 0 saturated heterocycles. The lowest BCUT2D eigenvalue weighted by Crippen LogP contribution is -2.22. The molecule has 13 heavy (non-hydrogen) atoms. The van der Waals surface area contributed by atoms with Gasteiger partial charge in [0.1, 0.15) is 0 Å². The van der Waals surface area contributed by atoms with Gasteiger partial charge in [-0.05, 0) is 18.3 Å². The minimum Gasteiger partial charge on any atom is -0.313 e. The van der Waals surface area contributed by atoms with E-state index in [-0.39, 0.29) is 5.69 Å². The van der Waals surface area contributed by atoms with Crippen LogP contribution in [0.5, 0.6) is 0 Å². The first-order chi connectivity index (χ1) is 6.27. The van der Waals surface area contributed by atoms with Crippen molar-refractivity contribution < 1.29 is 0 Å². The topological polar surface area (TPSA) is 37.8 Å². The van der Waals surface area contributed by atoms with E-state index < -0.39 is 0 Å². The molecule has 2 unspecified atom stereocenters. The Morgan fingerprint density at radius 1 is 1.62 bits per heavy atom. The normalized spacial score (nSPS) is 28.1. The lowest BCUT2D eigenvalue weighted by molar-refractivity contribution is 0.360. The maximum Gasteiger partial charge on any atom is 0.325 e. The molecular weight excluding hydrogens is 164 g/mol. The molecule has 2 atom stereocenters. The van der Waals surface area contributed by atoms with Gasteiger partial charge >= 0.3 is 5.69 Å². The highest BCUT2D eigenvalue weighted by Crippen LogP contribution is 2.31. The predicted molar refractivity (Wildman–Crippen MR) is 51.6 cm³/mol. The third-order valence-electron chi connectivity index (χ3n) is 3.19. The largest absolute Gasteiger partial charge is 0.325 e. The van der Waals surface area contributed by atoms with Crippen LogP contribution in [0.1, 0.15) is 26.2 Å². The van der Waals surface area contributed by atoms with Crippen molar-refractivity contribution in [1.82, 2.24) is 9.55 Å². The van der Waals surface area contributed by atoms with Gasteiger partial charge in [0.15, 0.2) is 0 Å². The molecule has 1 aliphatic carbocycles. The minimum atomic E-state index is 0.0269. The Kier molecular flexibility index (Phi) is 2.25. The zero-order valence-electron chi connectivity index (χ0n) is 7.99. The van der Waals surface area contributed by atoms with Crippen LogP contribution in [0.25, 0.3) is 0 Å². The zero-order chi connectivity index (χ0) is 9.26. The van der Waals surface area contributed by atoms with Crippen molar-refractivity contribution in [3.05, 3.63) is 22.9 Å². The fraction of sp³-hybridized carbons (Fsp3) is 0.700. The summed E-state index contributed by atoms with van der Waals surface area (Å²) in [5.41, 5.74) is 0.0269. The van der Waals surface area contributed by atoms with Crippen molar-refractivity contribution in [2.24, 2.45) is 11.8 Å².